The predicted molar refractivity (Wildman–Crippen MR) is 127 cm³/mol. The first-order valence-corrected chi connectivity index (χ1v) is 13.0. The van der Waals surface area contributed by atoms with E-state index in [1.807, 2.05) is 35.7 Å². The minimum Gasteiger partial charge on any atom is -0.451 e. The number of carbonyl (C=O) groups excluding carboxylic acids is 2. The monoisotopic (exact) mass is 484 g/mol. The zero-order valence-corrected chi connectivity index (χ0v) is 19.5. The molecule has 1 aromatic carbocycles. The van der Waals surface area contributed by atoms with E-state index >= 15 is 0 Å². The number of benzene rings is 1. The molecular formula is C22H20N4O3S3. The fraction of sp³-hybridized carbons (Fsp3) is 0.273. The van der Waals surface area contributed by atoms with E-state index in [4.69, 9.17) is 4.42 Å². The zero-order valence-electron chi connectivity index (χ0n) is 17.0. The highest BCUT2D eigenvalue weighted by Crippen LogP contribution is 2.34. The number of thiophene rings is 1. The lowest BCUT2D eigenvalue weighted by atomic mass is 9.95. The Hall–Kier alpha value is -2.69. The van der Waals surface area contributed by atoms with Crippen molar-refractivity contribution in [1.29, 1.82) is 0 Å². The van der Waals surface area contributed by atoms with Crippen molar-refractivity contribution in [3.63, 3.8) is 0 Å². The van der Waals surface area contributed by atoms with Crippen LogP contribution < -0.4 is 5.32 Å². The van der Waals surface area contributed by atoms with Crippen molar-refractivity contribution in [3.8, 4) is 0 Å². The molecule has 0 atom stereocenters. The molecule has 5 rings (SSSR count). The van der Waals surface area contributed by atoms with Gasteiger partial charge in [0, 0.05) is 35.7 Å². The average Bonchev–Trinajstić information content (AvgIpc) is 3.58. The molecule has 0 bridgehead atoms. The van der Waals surface area contributed by atoms with E-state index < -0.39 is 0 Å². The fourth-order valence-corrected chi connectivity index (χ4v) is 6.09. The first-order chi connectivity index (χ1) is 15.7. The molecule has 4 aromatic rings. The number of fused-ring (bicyclic) bond motifs is 1. The molecule has 32 heavy (non-hydrogen) atoms. The second kappa shape index (κ2) is 9.43. The second-order valence-electron chi connectivity index (χ2n) is 7.43. The standard InChI is InChI=1S/C22H20N4O3S3/c27-20(24-22-25-23-13-32-22)14-7-9-26(10-8-14)21(28)19-16(12-31-18-6-3-11-30-18)15-4-1-2-5-17(15)29-19/h1-6,11,13-14H,7-10,12H2,(H,24,25,27). The molecule has 1 aliphatic rings. The van der Waals surface area contributed by atoms with E-state index in [0.717, 1.165) is 16.5 Å². The number of nitrogens with zero attached hydrogens (tertiary/aromatic N) is 3. The zero-order chi connectivity index (χ0) is 21.9. The normalized spacial score (nSPS) is 14.7. The van der Waals surface area contributed by atoms with Crippen LogP contribution in [0.5, 0.6) is 0 Å². The van der Waals surface area contributed by atoms with Gasteiger partial charge in [-0.05, 0) is 30.4 Å². The van der Waals surface area contributed by atoms with Crippen molar-refractivity contribution in [2.75, 3.05) is 18.4 Å². The molecule has 3 aromatic heterocycles. The molecule has 0 unspecified atom stereocenters. The molecule has 10 heteroatoms. The van der Waals surface area contributed by atoms with E-state index in [2.05, 4.69) is 21.6 Å². The van der Waals surface area contributed by atoms with Gasteiger partial charge in [-0.3, -0.25) is 9.59 Å². The third-order valence-electron chi connectivity index (χ3n) is 5.49. The number of thioether (sulfide) groups is 1. The molecule has 4 heterocycles. The Morgan fingerprint density at radius 3 is 2.75 bits per heavy atom. The van der Waals surface area contributed by atoms with Crippen LogP contribution in [0.25, 0.3) is 11.0 Å². The molecule has 1 saturated heterocycles. The topological polar surface area (TPSA) is 88.3 Å². The van der Waals surface area contributed by atoms with Gasteiger partial charge in [0.1, 0.15) is 11.1 Å². The highest BCUT2D eigenvalue weighted by atomic mass is 32.2. The van der Waals surface area contributed by atoms with Gasteiger partial charge in [0.15, 0.2) is 5.76 Å². The smallest absolute Gasteiger partial charge is 0.289 e. The van der Waals surface area contributed by atoms with Crippen LogP contribution >= 0.6 is 34.4 Å². The number of rotatable bonds is 6. The van der Waals surface area contributed by atoms with Gasteiger partial charge < -0.3 is 14.6 Å². The third kappa shape index (κ3) is 4.43. The molecule has 1 N–H and O–H groups in total. The van der Waals surface area contributed by atoms with Crippen LogP contribution in [0.2, 0.25) is 0 Å². The van der Waals surface area contributed by atoms with Gasteiger partial charge in [-0.2, -0.15) is 0 Å². The van der Waals surface area contributed by atoms with E-state index in [1.165, 1.54) is 15.5 Å². The van der Waals surface area contributed by atoms with Crippen LogP contribution in [-0.2, 0) is 10.5 Å². The summed E-state index contributed by atoms with van der Waals surface area (Å²) in [4.78, 5) is 27.7. The number of carbonyl (C=O) groups is 2. The van der Waals surface area contributed by atoms with Crippen molar-refractivity contribution >= 4 is 62.4 Å². The summed E-state index contributed by atoms with van der Waals surface area (Å²) >= 11 is 4.69. The Morgan fingerprint density at radius 1 is 1.16 bits per heavy atom. The second-order valence-corrected chi connectivity index (χ2v) is 10.5. The summed E-state index contributed by atoms with van der Waals surface area (Å²) in [5.74, 6) is 0.760. The number of nitrogens with one attached hydrogen (secondary N) is 1. The highest BCUT2D eigenvalue weighted by Gasteiger charge is 2.31. The molecule has 0 spiro atoms. The Balaban J connectivity index is 1.29. The molecule has 0 radical (unpaired) electrons. The summed E-state index contributed by atoms with van der Waals surface area (Å²) in [6, 6.07) is 11.9. The first kappa shape index (κ1) is 21.2. The van der Waals surface area contributed by atoms with Gasteiger partial charge in [0.2, 0.25) is 11.0 Å². The molecule has 1 aliphatic heterocycles. The lowest BCUT2D eigenvalue weighted by Gasteiger charge is -2.30. The van der Waals surface area contributed by atoms with E-state index in [-0.39, 0.29) is 17.7 Å². The third-order valence-corrected chi connectivity index (χ3v) is 8.25. The van der Waals surface area contributed by atoms with Gasteiger partial charge >= 0.3 is 0 Å². The number of piperidine rings is 1. The summed E-state index contributed by atoms with van der Waals surface area (Å²) in [6.07, 6.45) is 1.21. The number of aromatic nitrogens is 2. The Labute approximate surface area is 196 Å². The molecule has 2 amide bonds. The fourth-order valence-electron chi connectivity index (χ4n) is 3.83. The number of furan rings is 1. The maximum Gasteiger partial charge on any atom is 0.289 e. The van der Waals surface area contributed by atoms with Crippen molar-refractivity contribution in [2.24, 2.45) is 5.92 Å². The minimum absolute atomic E-state index is 0.0642. The number of amides is 2. The SMILES string of the molecule is O=C(Nc1nncs1)C1CCN(C(=O)c2oc3ccccc3c2CSc2cccs2)CC1. The van der Waals surface area contributed by atoms with E-state index in [1.54, 1.807) is 33.5 Å². The summed E-state index contributed by atoms with van der Waals surface area (Å²) in [7, 11) is 0. The minimum atomic E-state index is -0.146. The van der Waals surface area contributed by atoms with Gasteiger partial charge in [-0.25, -0.2) is 0 Å². The van der Waals surface area contributed by atoms with Crippen LogP contribution in [0.1, 0.15) is 29.0 Å². The van der Waals surface area contributed by atoms with E-state index in [0.29, 0.717) is 42.6 Å². The van der Waals surface area contributed by atoms with Crippen molar-refractivity contribution in [3.05, 3.63) is 58.6 Å². The lowest BCUT2D eigenvalue weighted by molar-refractivity contribution is -0.121. The van der Waals surface area contributed by atoms with Crippen LogP contribution in [0.15, 0.2) is 55.9 Å². The maximum atomic E-state index is 13.4. The molecule has 164 valence electrons. The van der Waals surface area contributed by atoms with Crippen LogP contribution in [-0.4, -0.2) is 40.0 Å². The number of hydrogen-bond donors (Lipinski definition) is 1. The average molecular weight is 485 g/mol. The molecule has 7 nitrogen and oxygen atoms in total. The number of likely N-dealkylation sites (tertiary alicyclic amines) is 1. The van der Waals surface area contributed by atoms with Crippen molar-refractivity contribution in [2.45, 2.75) is 22.8 Å². The molecular weight excluding hydrogens is 464 g/mol. The van der Waals surface area contributed by atoms with E-state index in [9.17, 15) is 9.59 Å². The van der Waals surface area contributed by atoms with Gasteiger partial charge in [-0.15, -0.1) is 33.3 Å². The van der Waals surface area contributed by atoms with Gasteiger partial charge in [0.25, 0.3) is 5.91 Å². The van der Waals surface area contributed by atoms with Crippen LogP contribution in [0.4, 0.5) is 5.13 Å². The first-order valence-electron chi connectivity index (χ1n) is 10.2. The van der Waals surface area contributed by atoms with Gasteiger partial charge in [0.05, 0.1) is 4.21 Å². The van der Waals surface area contributed by atoms with Crippen molar-refractivity contribution in [1.82, 2.24) is 15.1 Å². The molecule has 1 fully saturated rings. The summed E-state index contributed by atoms with van der Waals surface area (Å²) in [5.41, 5.74) is 3.24. The largest absolute Gasteiger partial charge is 0.451 e. The molecule has 0 aliphatic carbocycles. The number of anilines is 1. The summed E-state index contributed by atoms with van der Waals surface area (Å²) < 4.78 is 7.24. The lowest BCUT2D eigenvalue weighted by Crippen LogP contribution is -2.41. The van der Waals surface area contributed by atoms with Gasteiger partial charge in [-0.1, -0.05) is 35.6 Å². The van der Waals surface area contributed by atoms with Crippen LogP contribution in [0, 0.1) is 5.92 Å². The Bertz CT molecular complexity index is 1210. The number of para-hydroxylation sites is 1. The summed E-state index contributed by atoms with van der Waals surface area (Å²) in [6.45, 7) is 1.03. The van der Waals surface area contributed by atoms with Crippen molar-refractivity contribution < 1.29 is 14.0 Å². The Kier molecular flexibility index (Phi) is 6.24. The van der Waals surface area contributed by atoms with Crippen LogP contribution in [0.3, 0.4) is 0 Å². The molecule has 0 saturated carbocycles. The highest BCUT2D eigenvalue weighted by molar-refractivity contribution is 8.00. The predicted octanol–water partition coefficient (Wildman–Crippen LogP) is 5.13. The quantitative estimate of drug-likeness (QED) is 0.382. The number of hydrogen-bond acceptors (Lipinski definition) is 8. The summed E-state index contributed by atoms with van der Waals surface area (Å²) in [5, 5.41) is 13.9. The Morgan fingerprint density at radius 2 is 2.00 bits per heavy atom. The maximum absolute atomic E-state index is 13.4.